The number of carbonyl (C=O) groups is 1. The lowest BCUT2D eigenvalue weighted by Gasteiger charge is -2.06. The third kappa shape index (κ3) is 2.58. The van der Waals surface area contributed by atoms with Crippen molar-refractivity contribution in [2.75, 3.05) is 6.61 Å². The van der Waals surface area contributed by atoms with Gasteiger partial charge in [-0.3, -0.25) is 0 Å². The molecule has 4 nitrogen and oxygen atoms in total. The van der Waals surface area contributed by atoms with E-state index in [0.29, 0.717) is 6.42 Å². The third-order valence-electron chi connectivity index (χ3n) is 1.83. The SMILES string of the molecule is CCOC(=O)c1c(CC)noc1C(F)(F)Br. The lowest BCUT2D eigenvalue weighted by atomic mass is 10.1. The Balaban J connectivity index is 3.21. The largest absolute Gasteiger partial charge is 0.462 e. The first-order chi connectivity index (χ1) is 7.41. The van der Waals surface area contributed by atoms with E-state index in [1.807, 2.05) is 0 Å². The van der Waals surface area contributed by atoms with Crippen LogP contribution < -0.4 is 0 Å². The summed E-state index contributed by atoms with van der Waals surface area (Å²) in [6, 6.07) is 0. The van der Waals surface area contributed by atoms with Crippen LogP contribution in [0.25, 0.3) is 0 Å². The van der Waals surface area contributed by atoms with Gasteiger partial charge in [0.2, 0.25) is 5.76 Å². The summed E-state index contributed by atoms with van der Waals surface area (Å²) in [6.07, 6.45) is 0.306. The van der Waals surface area contributed by atoms with Gasteiger partial charge in [0.25, 0.3) is 0 Å². The Morgan fingerprint density at radius 3 is 2.62 bits per heavy atom. The fraction of sp³-hybridized carbons (Fsp3) is 0.556. The van der Waals surface area contributed by atoms with Crippen molar-refractivity contribution >= 4 is 21.9 Å². The van der Waals surface area contributed by atoms with Crippen molar-refractivity contribution in [2.45, 2.75) is 25.1 Å². The molecule has 0 saturated carbocycles. The maximum absolute atomic E-state index is 13.0. The van der Waals surface area contributed by atoms with Gasteiger partial charge in [-0.25, -0.2) is 4.79 Å². The zero-order valence-electron chi connectivity index (χ0n) is 8.72. The topological polar surface area (TPSA) is 52.3 Å². The fourth-order valence-electron chi connectivity index (χ4n) is 1.17. The molecule has 90 valence electrons. The monoisotopic (exact) mass is 297 g/mol. The second kappa shape index (κ2) is 4.90. The lowest BCUT2D eigenvalue weighted by molar-refractivity contribution is 0.0481. The molecule has 1 aromatic rings. The standard InChI is InChI=1S/C9H10BrF2NO3/c1-3-5-6(8(14)15-4-2)7(16-13-5)9(10,11)12/h3-4H2,1-2H3. The lowest BCUT2D eigenvalue weighted by Crippen LogP contribution is -2.13. The molecule has 1 heterocycles. The molecule has 7 heteroatoms. The molecular weight excluding hydrogens is 288 g/mol. The van der Waals surface area contributed by atoms with Gasteiger partial charge in [-0.15, -0.1) is 0 Å². The Morgan fingerprint density at radius 2 is 2.19 bits per heavy atom. The number of carbonyl (C=O) groups excluding carboxylic acids is 1. The van der Waals surface area contributed by atoms with Crippen LogP contribution in [0.4, 0.5) is 8.78 Å². The van der Waals surface area contributed by atoms with Gasteiger partial charge in [0.05, 0.1) is 12.3 Å². The van der Waals surface area contributed by atoms with Gasteiger partial charge < -0.3 is 9.26 Å². The Kier molecular flexibility index (Phi) is 4.01. The third-order valence-corrected chi connectivity index (χ3v) is 2.19. The van der Waals surface area contributed by atoms with E-state index < -0.39 is 16.6 Å². The average Bonchev–Trinajstić information content (AvgIpc) is 2.60. The van der Waals surface area contributed by atoms with E-state index in [2.05, 4.69) is 30.3 Å². The number of rotatable bonds is 4. The molecule has 0 atom stereocenters. The molecule has 0 radical (unpaired) electrons. The summed E-state index contributed by atoms with van der Waals surface area (Å²) in [5.74, 6) is -1.67. The van der Waals surface area contributed by atoms with E-state index in [1.54, 1.807) is 13.8 Å². The van der Waals surface area contributed by atoms with Crippen LogP contribution in [0, 0.1) is 0 Å². The van der Waals surface area contributed by atoms with E-state index in [4.69, 9.17) is 0 Å². The highest BCUT2D eigenvalue weighted by Gasteiger charge is 2.40. The zero-order chi connectivity index (χ0) is 12.3. The van der Waals surface area contributed by atoms with Crippen molar-refractivity contribution in [3.8, 4) is 0 Å². The summed E-state index contributed by atoms with van der Waals surface area (Å²) in [7, 11) is 0. The highest BCUT2D eigenvalue weighted by molar-refractivity contribution is 9.09. The summed E-state index contributed by atoms with van der Waals surface area (Å²) in [6.45, 7) is 3.36. The molecule has 16 heavy (non-hydrogen) atoms. The molecule has 0 saturated heterocycles. The average molecular weight is 298 g/mol. The second-order valence-electron chi connectivity index (χ2n) is 2.91. The van der Waals surface area contributed by atoms with Crippen molar-refractivity contribution in [2.24, 2.45) is 0 Å². The Hall–Kier alpha value is -0.980. The summed E-state index contributed by atoms with van der Waals surface area (Å²) in [5.41, 5.74) is -0.140. The number of halogens is 3. The quantitative estimate of drug-likeness (QED) is 0.633. The summed E-state index contributed by atoms with van der Waals surface area (Å²) in [4.78, 5) is 8.04. The van der Waals surface area contributed by atoms with E-state index in [0.717, 1.165) is 0 Å². The molecule has 0 bridgehead atoms. The Labute approximate surface area is 99.1 Å². The van der Waals surface area contributed by atoms with Crippen molar-refractivity contribution in [3.63, 3.8) is 0 Å². The molecular formula is C9H10BrF2NO3. The number of hydrogen-bond acceptors (Lipinski definition) is 4. The van der Waals surface area contributed by atoms with Crippen LogP contribution in [0.5, 0.6) is 0 Å². The minimum atomic E-state index is -3.44. The number of esters is 1. The van der Waals surface area contributed by atoms with Crippen LogP contribution in [-0.2, 0) is 16.0 Å². The number of ether oxygens (including phenoxy) is 1. The van der Waals surface area contributed by atoms with Crippen molar-refractivity contribution in [3.05, 3.63) is 17.0 Å². The maximum atomic E-state index is 13.0. The second-order valence-corrected chi connectivity index (χ2v) is 3.90. The molecule has 0 aliphatic heterocycles. The van der Waals surface area contributed by atoms with Gasteiger partial charge in [-0.2, -0.15) is 8.78 Å². The first-order valence-corrected chi connectivity index (χ1v) is 5.43. The zero-order valence-corrected chi connectivity index (χ0v) is 10.3. The van der Waals surface area contributed by atoms with Gasteiger partial charge in [0.15, 0.2) is 0 Å². The predicted molar refractivity (Wildman–Crippen MR) is 54.7 cm³/mol. The molecule has 0 aliphatic rings. The van der Waals surface area contributed by atoms with Crippen LogP contribution in [0.3, 0.4) is 0 Å². The molecule has 1 aromatic heterocycles. The van der Waals surface area contributed by atoms with Gasteiger partial charge in [0.1, 0.15) is 5.56 Å². The van der Waals surface area contributed by atoms with Crippen LogP contribution >= 0.6 is 15.9 Å². The summed E-state index contributed by atoms with van der Waals surface area (Å²) >= 11 is 2.12. The van der Waals surface area contributed by atoms with Crippen molar-refractivity contribution in [1.82, 2.24) is 5.16 Å². The number of aryl methyl sites for hydroxylation is 1. The van der Waals surface area contributed by atoms with Crippen LogP contribution in [-0.4, -0.2) is 17.7 Å². The van der Waals surface area contributed by atoms with Crippen LogP contribution in [0.1, 0.15) is 35.7 Å². The first kappa shape index (κ1) is 13.1. The first-order valence-electron chi connectivity index (χ1n) is 4.64. The molecule has 0 amide bonds. The smallest absolute Gasteiger partial charge is 0.361 e. The molecule has 0 unspecified atom stereocenters. The van der Waals surface area contributed by atoms with Gasteiger partial charge in [-0.05, 0) is 29.3 Å². The van der Waals surface area contributed by atoms with Gasteiger partial charge in [-0.1, -0.05) is 12.1 Å². The molecule has 0 aliphatic carbocycles. The number of nitrogens with zero attached hydrogens (tertiary/aromatic N) is 1. The fourth-order valence-corrected chi connectivity index (χ4v) is 1.44. The van der Waals surface area contributed by atoms with E-state index in [9.17, 15) is 13.6 Å². The van der Waals surface area contributed by atoms with Gasteiger partial charge >= 0.3 is 10.8 Å². The van der Waals surface area contributed by atoms with Crippen molar-refractivity contribution in [1.29, 1.82) is 0 Å². The highest BCUT2D eigenvalue weighted by atomic mass is 79.9. The van der Waals surface area contributed by atoms with Gasteiger partial charge in [0, 0.05) is 0 Å². The van der Waals surface area contributed by atoms with Crippen molar-refractivity contribution < 1.29 is 22.8 Å². The Morgan fingerprint density at radius 1 is 1.56 bits per heavy atom. The van der Waals surface area contributed by atoms with E-state index in [-0.39, 0.29) is 17.9 Å². The Bertz CT molecular complexity index is 387. The number of alkyl halides is 3. The number of hydrogen-bond donors (Lipinski definition) is 0. The summed E-state index contributed by atoms with van der Waals surface area (Å²) < 4.78 is 35.2. The minimum absolute atomic E-state index is 0.0977. The predicted octanol–water partition coefficient (Wildman–Crippen LogP) is 2.86. The molecule has 0 aromatic carbocycles. The summed E-state index contributed by atoms with van der Waals surface area (Å²) in [5, 5.41) is 3.42. The molecule has 0 fully saturated rings. The minimum Gasteiger partial charge on any atom is -0.462 e. The highest BCUT2D eigenvalue weighted by Crippen LogP contribution is 2.38. The molecule has 0 spiro atoms. The van der Waals surface area contributed by atoms with E-state index in [1.165, 1.54) is 0 Å². The van der Waals surface area contributed by atoms with E-state index >= 15 is 0 Å². The molecule has 0 N–H and O–H groups in total. The van der Waals surface area contributed by atoms with Crippen LogP contribution in [0.2, 0.25) is 0 Å². The molecule has 1 rings (SSSR count). The number of aromatic nitrogens is 1. The maximum Gasteiger partial charge on any atom is 0.361 e. The normalized spacial score (nSPS) is 11.6. The van der Waals surface area contributed by atoms with Crippen LogP contribution in [0.15, 0.2) is 4.52 Å².